The van der Waals surface area contributed by atoms with E-state index in [-0.39, 0.29) is 12.1 Å². The van der Waals surface area contributed by atoms with Crippen LogP contribution < -0.4 is 10.1 Å². The van der Waals surface area contributed by atoms with E-state index in [0.717, 1.165) is 24.3 Å². The second-order valence-corrected chi connectivity index (χ2v) is 7.63. The molecule has 1 atom stereocenters. The number of nitrogens with one attached hydrogen (secondary N) is 1. The van der Waals surface area contributed by atoms with Crippen LogP contribution in [0.25, 0.3) is 11.0 Å². The van der Waals surface area contributed by atoms with Crippen LogP contribution >= 0.6 is 27.5 Å². The van der Waals surface area contributed by atoms with Gasteiger partial charge >= 0.3 is 6.36 Å². The molecule has 2 aromatic carbocycles. The molecule has 156 valence electrons. The van der Waals surface area contributed by atoms with Crippen molar-refractivity contribution >= 4 is 44.5 Å². The number of nitrogens with zero attached hydrogens (tertiary/aromatic N) is 4. The number of benzene rings is 2. The van der Waals surface area contributed by atoms with Gasteiger partial charge in [-0.15, -0.1) is 13.2 Å². The van der Waals surface area contributed by atoms with Crippen molar-refractivity contribution in [3.63, 3.8) is 0 Å². The third-order valence-corrected chi connectivity index (χ3v) is 5.28. The van der Waals surface area contributed by atoms with Crippen LogP contribution in [-0.4, -0.2) is 32.8 Å². The Hall–Kier alpha value is -2.84. The summed E-state index contributed by atoms with van der Waals surface area (Å²) in [4.78, 5) is 13.7. The fourth-order valence-corrected chi connectivity index (χ4v) is 3.12. The molecular formula is C18H12BrClF3N5O2. The summed E-state index contributed by atoms with van der Waals surface area (Å²) in [5.74, 6) is -1.11. The Kier molecular flexibility index (Phi) is 5.92. The number of aromatic nitrogens is 3. The van der Waals surface area contributed by atoms with Crippen LogP contribution in [0.2, 0.25) is 5.02 Å². The van der Waals surface area contributed by atoms with E-state index >= 15 is 0 Å². The Morgan fingerprint density at radius 3 is 2.53 bits per heavy atom. The predicted molar refractivity (Wildman–Crippen MR) is 105 cm³/mol. The lowest BCUT2D eigenvalue weighted by Crippen LogP contribution is -2.48. The molecule has 0 saturated carbocycles. The van der Waals surface area contributed by atoms with Gasteiger partial charge in [0.05, 0.1) is 22.1 Å². The van der Waals surface area contributed by atoms with Gasteiger partial charge in [0.15, 0.2) is 0 Å². The number of amides is 1. The Bertz CT molecular complexity index is 1140. The summed E-state index contributed by atoms with van der Waals surface area (Å²) in [6, 6.07) is 9.64. The fourth-order valence-electron chi connectivity index (χ4n) is 2.55. The normalized spacial score (nSPS) is 13.5. The minimum Gasteiger partial charge on any atom is -0.406 e. The first-order valence-electron chi connectivity index (χ1n) is 8.28. The zero-order valence-electron chi connectivity index (χ0n) is 15.2. The molecule has 1 heterocycles. The molecule has 0 aliphatic rings. The van der Waals surface area contributed by atoms with Crippen molar-refractivity contribution in [3.8, 4) is 11.8 Å². The van der Waals surface area contributed by atoms with Gasteiger partial charge in [-0.05, 0) is 59.3 Å². The first kappa shape index (κ1) is 21.9. The van der Waals surface area contributed by atoms with Gasteiger partial charge in [-0.3, -0.25) is 4.79 Å². The van der Waals surface area contributed by atoms with Crippen molar-refractivity contribution in [1.29, 1.82) is 5.26 Å². The zero-order valence-corrected chi connectivity index (χ0v) is 17.5. The van der Waals surface area contributed by atoms with Crippen molar-refractivity contribution in [3.05, 3.63) is 51.5 Å². The van der Waals surface area contributed by atoms with Crippen LogP contribution in [0.5, 0.6) is 5.75 Å². The summed E-state index contributed by atoms with van der Waals surface area (Å²) < 4.78 is 41.0. The molecule has 1 aromatic heterocycles. The highest BCUT2D eigenvalue weighted by Gasteiger charge is 2.32. The quantitative estimate of drug-likeness (QED) is 0.556. The summed E-state index contributed by atoms with van der Waals surface area (Å²) in [6.07, 6.45) is -4.83. The smallest absolute Gasteiger partial charge is 0.406 e. The molecule has 1 N–H and O–H groups in total. The highest BCUT2D eigenvalue weighted by Crippen LogP contribution is 2.29. The second-order valence-electron chi connectivity index (χ2n) is 6.43. The molecule has 3 rings (SSSR count). The molecule has 0 aliphatic heterocycles. The molecule has 1 amide bonds. The van der Waals surface area contributed by atoms with Crippen molar-refractivity contribution in [2.75, 3.05) is 0 Å². The standard InChI is InChI=1S/C18H12BrClF3N5O2/c1-17(8-24,9-28-26-13-7-6-12(20)14(19)15(13)27-28)25-16(29)10-2-4-11(5-3-10)30-18(21,22)23/h2-7H,9H2,1H3,(H,25,29). The van der Waals surface area contributed by atoms with E-state index in [4.69, 9.17) is 11.6 Å². The number of carbonyl (C=O) groups is 1. The molecule has 7 nitrogen and oxygen atoms in total. The first-order valence-corrected chi connectivity index (χ1v) is 9.45. The van der Waals surface area contributed by atoms with Gasteiger partial charge in [-0.1, -0.05) is 11.6 Å². The van der Waals surface area contributed by atoms with E-state index in [1.165, 1.54) is 11.7 Å². The summed E-state index contributed by atoms with van der Waals surface area (Å²) in [5.41, 5.74) is -0.310. The number of halogens is 5. The average molecular weight is 503 g/mol. The van der Waals surface area contributed by atoms with Crippen LogP contribution in [0.1, 0.15) is 17.3 Å². The van der Waals surface area contributed by atoms with Crippen LogP contribution in [0.3, 0.4) is 0 Å². The lowest BCUT2D eigenvalue weighted by Gasteiger charge is -2.22. The van der Waals surface area contributed by atoms with Gasteiger partial charge in [0.25, 0.3) is 5.91 Å². The third-order valence-electron chi connectivity index (χ3n) is 3.93. The molecule has 30 heavy (non-hydrogen) atoms. The van der Waals surface area contributed by atoms with E-state index in [0.29, 0.717) is 20.5 Å². The van der Waals surface area contributed by atoms with E-state index in [2.05, 4.69) is 36.2 Å². The molecule has 0 radical (unpaired) electrons. The van der Waals surface area contributed by atoms with Gasteiger partial charge in [0, 0.05) is 5.56 Å². The van der Waals surface area contributed by atoms with Crippen LogP contribution in [0.4, 0.5) is 13.2 Å². The van der Waals surface area contributed by atoms with Gasteiger partial charge < -0.3 is 10.1 Å². The number of hydrogen-bond donors (Lipinski definition) is 1. The van der Waals surface area contributed by atoms with Gasteiger partial charge in [-0.2, -0.15) is 20.3 Å². The molecule has 1 unspecified atom stereocenters. The molecule has 12 heteroatoms. The zero-order chi connectivity index (χ0) is 22.1. The molecule has 0 spiro atoms. The summed E-state index contributed by atoms with van der Waals surface area (Å²) in [7, 11) is 0. The number of carbonyl (C=O) groups excluding carboxylic acids is 1. The number of alkyl halides is 3. The predicted octanol–water partition coefficient (Wildman–Crippen LogP) is 4.46. The summed E-state index contributed by atoms with van der Waals surface area (Å²) in [6.45, 7) is 1.39. The van der Waals surface area contributed by atoms with Crippen molar-refractivity contribution in [2.24, 2.45) is 0 Å². The average Bonchev–Trinajstić information content (AvgIpc) is 3.07. The van der Waals surface area contributed by atoms with Crippen molar-refractivity contribution < 1.29 is 22.7 Å². The minimum atomic E-state index is -4.83. The van der Waals surface area contributed by atoms with E-state index < -0.39 is 23.6 Å². The molecule has 0 fully saturated rings. The number of nitriles is 1. The molecule has 0 aliphatic carbocycles. The number of hydrogen-bond acceptors (Lipinski definition) is 5. The maximum atomic E-state index is 12.5. The van der Waals surface area contributed by atoms with Gasteiger partial charge in [0.1, 0.15) is 22.3 Å². The maximum absolute atomic E-state index is 12.5. The lowest BCUT2D eigenvalue weighted by atomic mass is 10.0. The minimum absolute atomic E-state index is 0.0547. The second kappa shape index (κ2) is 8.12. The SMILES string of the molecule is CC(C#N)(Cn1nc2ccc(Cl)c(Br)c2n1)NC(=O)c1ccc(OC(F)(F)F)cc1. The van der Waals surface area contributed by atoms with Crippen molar-refractivity contribution in [1.82, 2.24) is 20.3 Å². The molecular weight excluding hydrogens is 491 g/mol. The summed E-state index contributed by atoms with van der Waals surface area (Å²) >= 11 is 9.36. The Morgan fingerprint density at radius 1 is 1.27 bits per heavy atom. The van der Waals surface area contributed by atoms with Crippen LogP contribution in [-0.2, 0) is 6.54 Å². The van der Waals surface area contributed by atoms with Crippen molar-refractivity contribution in [2.45, 2.75) is 25.4 Å². The third kappa shape index (κ3) is 5.01. The number of fused-ring (bicyclic) bond motifs is 1. The topological polar surface area (TPSA) is 92.8 Å². The maximum Gasteiger partial charge on any atom is 0.573 e. The molecule has 0 bridgehead atoms. The van der Waals surface area contributed by atoms with Crippen LogP contribution in [0, 0.1) is 11.3 Å². The first-order chi connectivity index (χ1) is 14.0. The highest BCUT2D eigenvalue weighted by molar-refractivity contribution is 9.10. The Morgan fingerprint density at radius 2 is 1.93 bits per heavy atom. The van der Waals surface area contributed by atoms with Crippen LogP contribution in [0.15, 0.2) is 40.9 Å². The van der Waals surface area contributed by atoms with E-state index in [1.54, 1.807) is 12.1 Å². The molecule has 0 saturated heterocycles. The summed E-state index contributed by atoms with van der Waals surface area (Å²) in [5, 5.41) is 21.1. The van der Waals surface area contributed by atoms with E-state index in [9.17, 15) is 23.2 Å². The lowest BCUT2D eigenvalue weighted by molar-refractivity contribution is -0.274. The number of ether oxygens (including phenoxy) is 1. The fraction of sp³-hybridized carbons (Fsp3) is 0.222. The van der Waals surface area contributed by atoms with Gasteiger partial charge in [-0.25, -0.2) is 0 Å². The Balaban J connectivity index is 1.76. The number of rotatable bonds is 5. The monoisotopic (exact) mass is 501 g/mol. The highest BCUT2D eigenvalue weighted by atomic mass is 79.9. The largest absolute Gasteiger partial charge is 0.573 e. The molecule has 3 aromatic rings. The van der Waals surface area contributed by atoms with E-state index in [1.807, 2.05) is 6.07 Å². The van der Waals surface area contributed by atoms with Gasteiger partial charge in [0.2, 0.25) is 0 Å². The Labute approximate surface area is 181 Å².